The van der Waals surface area contributed by atoms with Crippen LogP contribution in [0.4, 0.5) is 0 Å². The van der Waals surface area contributed by atoms with Gasteiger partial charge in [0, 0.05) is 0 Å². The standard InChI is InChI=1S/C12H18O4/c1-4-16-12(15)10-6-8(3)7(2)5-9(10)11(13)14/h9-10H,4-6H2,1-3H3,(H,13,14)/t9-,10-/m0/s1. The zero-order valence-electron chi connectivity index (χ0n) is 9.95. The number of allylic oxidation sites excluding steroid dienone is 2. The fraction of sp³-hybridized carbons (Fsp3) is 0.667. The van der Waals surface area contributed by atoms with Crippen LogP contribution in [0.5, 0.6) is 0 Å². The molecule has 1 rings (SSSR count). The maximum Gasteiger partial charge on any atom is 0.310 e. The number of carboxylic acids is 1. The van der Waals surface area contributed by atoms with Gasteiger partial charge in [-0.05, 0) is 33.6 Å². The Morgan fingerprint density at radius 3 is 2.19 bits per heavy atom. The molecule has 90 valence electrons. The Hall–Kier alpha value is -1.32. The summed E-state index contributed by atoms with van der Waals surface area (Å²) >= 11 is 0. The second-order valence-corrected chi connectivity index (χ2v) is 4.27. The molecule has 1 aliphatic rings. The number of carbonyl (C=O) groups is 2. The average molecular weight is 226 g/mol. The topological polar surface area (TPSA) is 63.6 Å². The highest BCUT2D eigenvalue weighted by atomic mass is 16.5. The smallest absolute Gasteiger partial charge is 0.310 e. The molecule has 0 aromatic rings. The Labute approximate surface area is 95.3 Å². The monoisotopic (exact) mass is 226 g/mol. The maximum atomic E-state index is 11.7. The summed E-state index contributed by atoms with van der Waals surface area (Å²) < 4.78 is 4.92. The quantitative estimate of drug-likeness (QED) is 0.590. The van der Waals surface area contributed by atoms with Crippen LogP contribution in [0.15, 0.2) is 11.1 Å². The van der Waals surface area contributed by atoms with E-state index in [1.807, 2.05) is 13.8 Å². The molecule has 1 aliphatic carbocycles. The number of esters is 1. The SMILES string of the molecule is CCOC(=O)[C@H]1CC(C)=C(C)C[C@@H]1C(=O)O. The molecule has 0 saturated carbocycles. The molecule has 0 bridgehead atoms. The second-order valence-electron chi connectivity index (χ2n) is 4.27. The van der Waals surface area contributed by atoms with Gasteiger partial charge in [0.1, 0.15) is 0 Å². The van der Waals surface area contributed by atoms with Crippen LogP contribution in [0.25, 0.3) is 0 Å². The van der Waals surface area contributed by atoms with Gasteiger partial charge in [0.25, 0.3) is 0 Å². The van der Waals surface area contributed by atoms with Crippen molar-refractivity contribution in [2.24, 2.45) is 11.8 Å². The van der Waals surface area contributed by atoms with Gasteiger partial charge in [0.15, 0.2) is 0 Å². The number of hydrogen-bond donors (Lipinski definition) is 1. The van der Waals surface area contributed by atoms with Crippen molar-refractivity contribution in [1.29, 1.82) is 0 Å². The van der Waals surface area contributed by atoms with E-state index in [2.05, 4.69) is 0 Å². The van der Waals surface area contributed by atoms with Gasteiger partial charge in [-0.1, -0.05) is 11.1 Å². The van der Waals surface area contributed by atoms with Gasteiger partial charge in [0.05, 0.1) is 18.4 Å². The molecular weight excluding hydrogens is 208 g/mol. The van der Waals surface area contributed by atoms with E-state index in [0.717, 1.165) is 11.1 Å². The van der Waals surface area contributed by atoms with Crippen molar-refractivity contribution in [2.75, 3.05) is 6.61 Å². The predicted octanol–water partition coefficient (Wildman–Crippen LogP) is 2.00. The van der Waals surface area contributed by atoms with E-state index < -0.39 is 17.8 Å². The van der Waals surface area contributed by atoms with Crippen LogP contribution in [0.1, 0.15) is 33.6 Å². The number of carboxylic acid groups (broad SMARTS) is 1. The van der Waals surface area contributed by atoms with E-state index >= 15 is 0 Å². The molecule has 16 heavy (non-hydrogen) atoms. The van der Waals surface area contributed by atoms with E-state index in [9.17, 15) is 9.59 Å². The first-order chi connectivity index (χ1) is 7.47. The maximum absolute atomic E-state index is 11.7. The third-order valence-electron chi connectivity index (χ3n) is 3.17. The fourth-order valence-corrected chi connectivity index (χ4v) is 2.05. The summed E-state index contributed by atoms with van der Waals surface area (Å²) in [6, 6.07) is 0. The summed E-state index contributed by atoms with van der Waals surface area (Å²) in [5, 5.41) is 9.10. The molecule has 0 aliphatic heterocycles. The number of hydrogen-bond acceptors (Lipinski definition) is 3. The summed E-state index contributed by atoms with van der Waals surface area (Å²) in [7, 11) is 0. The van der Waals surface area contributed by atoms with E-state index in [1.54, 1.807) is 6.92 Å². The third-order valence-corrected chi connectivity index (χ3v) is 3.17. The highest BCUT2D eigenvalue weighted by molar-refractivity contribution is 5.82. The van der Waals surface area contributed by atoms with Crippen molar-refractivity contribution in [2.45, 2.75) is 33.6 Å². The van der Waals surface area contributed by atoms with Crippen molar-refractivity contribution in [3.8, 4) is 0 Å². The van der Waals surface area contributed by atoms with Gasteiger partial charge >= 0.3 is 11.9 Å². The molecule has 0 amide bonds. The van der Waals surface area contributed by atoms with Crippen molar-refractivity contribution >= 4 is 11.9 Å². The third kappa shape index (κ3) is 2.62. The average Bonchev–Trinajstić information content (AvgIpc) is 2.21. The minimum absolute atomic E-state index is 0.295. The first-order valence-corrected chi connectivity index (χ1v) is 5.52. The van der Waals surface area contributed by atoms with Crippen molar-refractivity contribution in [1.82, 2.24) is 0 Å². The molecular formula is C12H18O4. The predicted molar refractivity (Wildman–Crippen MR) is 58.9 cm³/mol. The van der Waals surface area contributed by atoms with Gasteiger partial charge in [-0.25, -0.2) is 0 Å². The van der Waals surface area contributed by atoms with Gasteiger partial charge in [0.2, 0.25) is 0 Å². The lowest BCUT2D eigenvalue weighted by Gasteiger charge is -2.28. The Morgan fingerprint density at radius 2 is 1.75 bits per heavy atom. The van der Waals surface area contributed by atoms with Gasteiger partial charge in [-0.2, -0.15) is 0 Å². The van der Waals surface area contributed by atoms with Crippen LogP contribution in [0.2, 0.25) is 0 Å². The zero-order valence-corrected chi connectivity index (χ0v) is 9.95. The number of carbonyl (C=O) groups excluding carboxylic acids is 1. The lowest BCUT2D eigenvalue weighted by molar-refractivity contribution is -0.157. The second kappa shape index (κ2) is 5.14. The van der Waals surface area contributed by atoms with E-state index in [4.69, 9.17) is 9.84 Å². The fourth-order valence-electron chi connectivity index (χ4n) is 2.05. The van der Waals surface area contributed by atoms with Crippen molar-refractivity contribution in [3.05, 3.63) is 11.1 Å². The zero-order chi connectivity index (χ0) is 12.3. The van der Waals surface area contributed by atoms with Crippen LogP contribution >= 0.6 is 0 Å². The molecule has 0 aromatic carbocycles. The molecule has 0 unspecified atom stereocenters. The molecule has 4 heteroatoms. The normalized spacial score (nSPS) is 25.4. The van der Waals surface area contributed by atoms with Gasteiger partial charge in [-0.3, -0.25) is 9.59 Å². The molecule has 0 saturated heterocycles. The van der Waals surface area contributed by atoms with Crippen LogP contribution in [0, 0.1) is 11.8 Å². The molecule has 0 spiro atoms. The summed E-state index contributed by atoms with van der Waals surface area (Å²) in [5.41, 5.74) is 2.18. The van der Waals surface area contributed by atoms with E-state index in [0.29, 0.717) is 19.4 Å². The summed E-state index contributed by atoms with van der Waals surface area (Å²) in [5.74, 6) is -2.46. The first kappa shape index (κ1) is 12.7. The first-order valence-electron chi connectivity index (χ1n) is 5.52. The summed E-state index contributed by atoms with van der Waals surface area (Å²) in [4.78, 5) is 22.8. The Kier molecular flexibility index (Phi) is 4.10. The molecule has 0 radical (unpaired) electrons. The summed E-state index contributed by atoms with van der Waals surface area (Å²) in [6.07, 6.45) is 0.951. The van der Waals surface area contributed by atoms with Crippen molar-refractivity contribution in [3.63, 3.8) is 0 Å². The highest BCUT2D eigenvalue weighted by Crippen LogP contribution is 2.34. The van der Waals surface area contributed by atoms with E-state index in [-0.39, 0.29) is 5.97 Å². The number of rotatable bonds is 3. The molecule has 0 aromatic heterocycles. The van der Waals surface area contributed by atoms with Gasteiger partial charge in [-0.15, -0.1) is 0 Å². The minimum Gasteiger partial charge on any atom is -0.481 e. The molecule has 4 nitrogen and oxygen atoms in total. The van der Waals surface area contributed by atoms with Crippen LogP contribution in [-0.2, 0) is 14.3 Å². The van der Waals surface area contributed by atoms with Gasteiger partial charge < -0.3 is 9.84 Å². The Bertz CT molecular complexity index is 330. The highest BCUT2D eigenvalue weighted by Gasteiger charge is 2.38. The van der Waals surface area contributed by atoms with Crippen LogP contribution < -0.4 is 0 Å². The molecule has 2 atom stereocenters. The molecule has 1 N–H and O–H groups in total. The molecule has 0 heterocycles. The van der Waals surface area contributed by atoms with E-state index in [1.165, 1.54) is 0 Å². The Balaban J connectivity index is 2.88. The largest absolute Gasteiger partial charge is 0.481 e. The number of ether oxygens (including phenoxy) is 1. The Morgan fingerprint density at radius 1 is 1.25 bits per heavy atom. The summed E-state index contributed by atoms with van der Waals surface area (Å²) in [6.45, 7) is 5.89. The lowest BCUT2D eigenvalue weighted by atomic mass is 9.76. The van der Waals surface area contributed by atoms with Crippen molar-refractivity contribution < 1.29 is 19.4 Å². The minimum atomic E-state index is -0.912. The lowest BCUT2D eigenvalue weighted by Crippen LogP contribution is -2.34. The number of aliphatic carboxylic acids is 1. The van der Waals surface area contributed by atoms with Crippen LogP contribution in [-0.4, -0.2) is 23.7 Å². The van der Waals surface area contributed by atoms with Crippen LogP contribution in [0.3, 0.4) is 0 Å². The molecule has 0 fully saturated rings.